The van der Waals surface area contributed by atoms with Crippen molar-refractivity contribution in [2.24, 2.45) is 0 Å². The maximum Gasteiger partial charge on any atom is 0.337 e. The average molecular weight is 321 g/mol. The molecule has 1 aromatic heterocycles. The summed E-state index contributed by atoms with van der Waals surface area (Å²) in [5.41, 5.74) is 0.815. The number of nitrogens with zero attached hydrogens (tertiary/aromatic N) is 1. The summed E-state index contributed by atoms with van der Waals surface area (Å²) in [7, 11) is 0. The Labute approximate surface area is 117 Å². The van der Waals surface area contributed by atoms with Crippen molar-refractivity contribution in [2.45, 2.75) is 0 Å². The molecule has 1 aromatic carbocycles. The van der Waals surface area contributed by atoms with E-state index >= 15 is 0 Å². The van der Waals surface area contributed by atoms with Crippen LogP contribution in [-0.4, -0.2) is 22.0 Å². The number of hydrogen-bond donors (Lipinski definition) is 2. The van der Waals surface area contributed by atoms with E-state index in [1.54, 1.807) is 18.2 Å². The fourth-order valence-corrected chi connectivity index (χ4v) is 1.79. The number of hydrogen-bond acceptors (Lipinski definition) is 3. The SMILES string of the molecule is O=C(O)c1ccc(C(=O)Nc2ccccc2Br)nc1. The van der Waals surface area contributed by atoms with Crippen LogP contribution in [0.5, 0.6) is 0 Å². The first-order chi connectivity index (χ1) is 9.08. The van der Waals surface area contributed by atoms with Crippen LogP contribution >= 0.6 is 15.9 Å². The number of carbonyl (C=O) groups is 2. The van der Waals surface area contributed by atoms with Gasteiger partial charge < -0.3 is 10.4 Å². The first-order valence-electron chi connectivity index (χ1n) is 5.33. The summed E-state index contributed by atoms with van der Waals surface area (Å²) in [6, 6.07) is 9.88. The molecular formula is C13H9BrN2O3. The number of pyridine rings is 1. The summed E-state index contributed by atoms with van der Waals surface area (Å²) in [4.78, 5) is 26.4. The van der Waals surface area contributed by atoms with Crippen molar-refractivity contribution in [1.82, 2.24) is 4.98 Å². The van der Waals surface area contributed by atoms with Crippen LogP contribution < -0.4 is 5.32 Å². The molecule has 0 aliphatic rings. The van der Waals surface area contributed by atoms with E-state index in [2.05, 4.69) is 26.2 Å². The number of carboxylic acids is 1. The lowest BCUT2D eigenvalue weighted by molar-refractivity contribution is 0.0696. The number of nitrogens with one attached hydrogen (secondary N) is 1. The van der Waals surface area contributed by atoms with Crippen molar-refractivity contribution in [1.29, 1.82) is 0 Å². The molecular weight excluding hydrogens is 312 g/mol. The smallest absolute Gasteiger partial charge is 0.337 e. The number of rotatable bonds is 3. The Morgan fingerprint density at radius 3 is 2.47 bits per heavy atom. The predicted molar refractivity (Wildman–Crippen MR) is 73.3 cm³/mol. The van der Waals surface area contributed by atoms with Gasteiger partial charge in [0.25, 0.3) is 5.91 Å². The third-order valence-corrected chi connectivity index (χ3v) is 3.06. The summed E-state index contributed by atoms with van der Waals surface area (Å²) in [5, 5.41) is 11.4. The molecule has 2 N–H and O–H groups in total. The normalized spacial score (nSPS) is 9.95. The van der Waals surface area contributed by atoms with E-state index in [1.165, 1.54) is 12.1 Å². The monoisotopic (exact) mass is 320 g/mol. The molecule has 0 aliphatic heterocycles. The number of carbonyl (C=O) groups excluding carboxylic acids is 1. The Kier molecular flexibility index (Phi) is 3.91. The molecule has 0 aliphatic carbocycles. The maximum absolute atomic E-state index is 11.9. The Hall–Kier alpha value is -2.21. The van der Waals surface area contributed by atoms with E-state index in [4.69, 9.17) is 5.11 Å². The summed E-state index contributed by atoms with van der Waals surface area (Å²) >= 11 is 3.32. The summed E-state index contributed by atoms with van der Waals surface area (Å²) < 4.78 is 0.755. The highest BCUT2D eigenvalue weighted by atomic mass is 79.9. The summed E-state index contributed by atoms with van der Waals surface area (Å²) in [5.74, 6) is -1.48. The quantitative estimate of drug-likeness (QED) is 0.911. The number of carboxylic acid groups (broad SMARTS) is 1. The van der Waals surface area contributed by atoms with Crippen LogP contribution in [0, 0.1) is 0 Å². The zero-order valence-electron chi connectivity index (χ0n) is 9.63. The number of para-hydroxylation sites is 1. The lowest BCUT2D eigenvalue weighted by atomic mass is 10.2. The Bertz CT molecular complexity index is 626. The maximum atomic E-state index is 11.9. The number of halogens is 1. The van der Waals surface area contributed by atoms with Gasteiger partial charge in [-0.1, -0.05) is 12.1 Å². The van der Waals surface area contributed by atoms with Gasteiger partial charge in [0, 0.05) is 10.7 Å². The minimum atomic E-state index is -1.08. The molecule has 96 valence electrons. The molecule has 0 spiro atoms. The molecule has 19 heavy (non-hydrogen) atoms. The van der Waals surface area contributed by atoms with Gasteiger partial charge in [-0.3, -0.25) is 9.78 Å². The highest BCUT2D eigenvalue weighted by Gasteiger charge is 2.10. The van der Waals surface area contributed by atoms with Crippen molar-refractivity contribution < 1.29 is 14.7 Å². The third-order valence-electron chi connectivity index (χ3n) is 2.37. The van der Waals surface area contributed by atoms with Crippen molar-refractivity contribution in [3.63, 3.8) is 0 Å². The predicted octanol–water partition coefficient (Wildman–Crippen LogP) is 2.79. The topological polar surface area (TPSA) is 79.3 Å². The highest BCUT2D eigenvalue weighted by molar-refractivity contribution is 9.10. The zero-order valence-corrected chi connectivity index (χ0v) is 11.2. The number of aromatic nitrogens is 1. The molecule has 0 saturated carbocycles. The Balaban J connectivity index is 2.16. The minimum Gasteiger partial charge on any atom is -0.478 e. The van der Waals surface area contributed by atoms with Crippen LogP contribution in [0.3, 0.4) is 0 Å². The first kappa shape index (κ1) is 13.2. The molecule has 0 atom stereocenters. The molecule has 0 unspecified atom stereocenters. The molecule has 1 amide bonds. The van der Waals surface area contributed by atoms with E-state index in [-0.39, 0.29) is 11.3 Å². The van der Waals surface area contributed by atoms with E-state index in [9.17, 15) is 9.59 Å². The van der Waals surface area contributed by atoms with Gasteiger partial charge in [-0.15, -0.1) is 0 Å². The molecule has 6 heteroatoms. The van der Waals surface area contributed by atoms with Crippen molar-refractivity contribution in [3.05, 3.63) is 58.3 Å². The second kappa shape index (κ2) is 5.62. The number of aromatic carboxylic acids is 1. The van der Waals surface area contributed by atoms with Crippen LogP contribution in [0.4, 0.5) is 5.69 Å². The Morgan fingerprint density at radius 2 is 1.89 bits per heavy atom. The number of benzene rings is 1. The van der Waals surface area contributed by atoms with Gasteiger partial charge in [0.1, 0.15) is 5.69 Å². The molecule has 1 heterocycles. The molecule has 0 fully saturated rings. The van der Waals surface area contributed by atoms with Gasteiger partial charge in [-0.2, -0.15) is 0 Å². The lowest BCUT2D eigenvalue weighted by Crippen LogP contribution is -2.14. The summed E-state index contributed by atoms with van der Waals surface area (Å²) in [6.07, 6.45) is 1.15. The van der Waals surface area contributed by atoms with E-state index in [1.807, 2.05) is 6.07 Å². The largest absolute Gasteiger partial charge is 0.478 e. The van der Waals surface area contributed by atoms with Gasteiger partial charge >= 0.3 is 5.97 Å². The van der Waals surface area contributed by atoms with E-state index in [0.717, 1.165) is 10.7 Å². The second-order valence-corrected chi connectivity index (χ2v) is 4.53. The minimum absolute atomic E-state index is 0.0393. The lowest BCUT2D eigenvalue weighted by Gasteiger charge is -2.06. The van der Waals surface area contributed by atoms with Gasteiger partial charge in [0.2, 0.25) is 0 Å². The molecule has 0 radical (unpaired) electrons. The highest BCUT2D eigenvalue weighted by Crippen LogP contribution is 2.21. The Morgan fingerprint density at radius 1 is 1.16 bits per heavy atom. The fraction of sp³-hybridized carbons (Fsp3) is 0. The average Bonchev–Trinajstić information content (AvgIpc) is 2.41. The first-order valence-corrected chi connectivity index (χ1v) is 6.12. The second-order valence-electron chi connectivity index (χ2n) is 3.67. The molecule has 5 nitrogen and oxygen atoms in total. The van der Waals surface area contributed by atoms with Crippen molar-refractivity contribution in [3.8, 4) is 0 Å². The van der Waals surface area contributed by atoms with Crippen LogP contribution in [0.25, 0.3) is 0 Å². The van der Waals surface area contributed by atoms with Crippen molar-refractivity contribution >= 4 is 33.5 Å². The number of anilines is 1. The van der Waals surface area contributed by atoms with Crippen LogP contribution in [-0.2, 0) is 0 Å². The van der Waals surface area contributed by atoms with Gasteiger partial charge in [0.15, 0.2) is 0 Å². The van der Waals surface area contributed by atoms with E-state index < -0.39 is 11.9 Å². The fourth-order valence-electron chi connectivity index (χ4n) is 1.40. The van der Waals surface area contributed by atoms with Crippen LogP contribution in [0.15, 0.2) is 47.1 Å². The van der Waals surface area contributed by atoms with Gasteiger partial charge in [-0.25, -0.2) is 4.79 Å². The van der Waals surface area contributed by atoms with Crippen LogP contribution in [0.1, 0.15) is 20.8 Å². The molecule has 2 rings (SSSR count). The van der Waals surface area contributed by atoms with Gasteiger partial charge in [-0.05, 0) is 40.2 Å². The summed E-state index contributed by atoms with van der Waals surface area (Å²) in [6.45, 7) is 0. The van der Waals surface area contributed by atoms with Gasteiger partial charge in [0.05, 0.1) is 11.3 Å². The molecule has 0 bridgehead atoms. The van der Waals surface area contributed by atoms with E-state index in [0.29, 0.717) is 5.69 Å². The number of amides is 1. The zero-order chi connectivity index (χ0) is 13.8. The third kappa shape index (κ3) is 3.17. The van der Waals surface area contributed by atoms with Crippen LogP contribution in [0.2, 0.25) is 0 Å². The van der Waals surface area contributed by atoms with Crippen molar-refractivity contribution in [2.75, 3.05) is 5.32 Å². The molecule has 2 aromatic rings. The standard InChI is InChI=1S/C13H9BrN2O3/c14-9-3-1-2-4-10(9)16-12(17)11-6-5-8(7-15-11)13(18)19/h1-7H,(H,16,17)(H,18,19). The molecule has 0 saturated heterocycles.